The van der Waals surface area contributed by atoms with E-state index >= 15 is 4.39 Å². The van der Waals surface area contributed by atoms with E-state index in [4.69, 9.17) is 32.7 Å². The molecule has 5 nitrogen and oxygen atoms in total. The number of carbonyl (C=O) groups excluding carboxylic acids is 1. The highest BCUT2D eigenvalue weighted by Gasteiger charge is 2.60. The van der Waals surface area contributed by atoms with Crippen LogP contribution in [0.15, 0.2) is 41.3 Å². The van der Waals surface area contributed by atoms with Crippen molar-refractivity contribution in [3.8, 4) is 5.75 Å². The van der Waals surface area contributed by atoms with E-state index in [-0.39, 0.29) is 36.3 Å². The summed E-state index contributed by atoms with van der Waals surface area (Å²) in [6.07, 6.45) is -0.582. The Bertz CT molecular complexity index is 1110. The fraction of sp³-hybridized carbons (Fsp3) is 0.350. The monoisotopic (exact) mass is 476 g/mol. The quantitative estimate of drug-likeness (QED) is 0.567. The molecule has 0 N–H and O–H groups in total. The zero-order chi connectivity index (χ0) is 21.7. The maximum Gasteiger partial charge on any atom is 0.404 e. The zero-order valence-electron chi connectivity index (χ0n) is 15.4. The molecule has 2 aliphatic rings. The lowest BCUT2D eigenvalue weighted by atomic mass is 9.72. The van der Waals surface area contributed by atoms with Crippen LogP contribution in [0.5, 0.6) is 5.75 Å². The number of sulfone groups is 1. The van der Waals surface area contributed by atoms with Gasteiger partial charge in [-0.05, 0) is 55.7 Å². The summed E-state index contributed by atoms with van der Waals surface area (Å²) in [7, 11) is -4.22. The molecule has 1 fully saturated rings. The van der Waals surface area contributed by atoms with Crippen LogP contribution < -0.4 is 4.74 Å². The minimum atomic E-state index is -4.22. The van der Waals surface area contributed by atoms with Crippen LogP contribution in [-0.4, -0.2) is 26.6 Å². The highest BCUT2D eigenvalue weighted by Crippen LogP contribution is 2.56. The molecule has 1 saturated carbocycles. The fourth-order valence-electron chi connectivity index (χ4n) is 4.54. The van der Waals surface area contributed by atoms with Gasteiger partial charge in [-0.15, -0.1) is 0 Å². The molecule has 160 valence electrons. The predicted octanol–water partition coefficient (Wildman–Crippen LogP) is 5.22. The predicted molar refractivity (Wildman–Crippen MR) is 106 cm³/mol. The molecule has 30 heavy (non-hydrogen) atoms. The van der Waals surface area contributed by atoms with Crippen LogP contribution in [0.3, 0.4) is 0 Å². The van der Waals surface area contributed by atoms with E-state index in [9.17, 15) is 17.6 Å². The second kappa shape index (κ2) is 7.66. The van der Waals surface area contributed by atoms with Gasteiger partial charge in [0, 0.05) is 22.5 Å². The molecule has 1 aliphatic heterocycles. The second-order valence-electron chi connectivity index (χ2n) is 7.34. The highest BCUT2D eigenvalue weighted by molar-refractivity contribution is 7.92. The summed E-state index contributed by atoms with van der Waals surface area (Å²) in [4.78, 5) is 11.1. The van der Waals surface area contributed by atoms with E-state index < -0.39 is 49.4 Å². The van der Waals surface area contributed by atoms with E-state index in [1.807, 2.05) is 0 Å². The number of rotatable bonds is 3. The van der Waals surface area contributed by atoms with Crippen molar-refractivity contribution in [3.05, 3.63) is 58.6 Å². The molecule has 3 atom stereocenters. The smallest absolute Gasteiger partial charge is 0.404 e. The summed E-state index contributed by atoms with van der Waals surface area (Å²) < 4.78 is 66.0. The lowest BCUT2D eigenvalue weighted by Crippen LogP contribution is -2.53. The van der Waals surface area contributed by atoms with E-state index in [1.165, 1.54) is 24.3 Å². The molecule has 10 heteroatoms. The van der Waals surface area contributed by atoms with Crippen LogP contribution in [0.25, 0.3) is 0 Å². The summed E-state index contributed by atoms with van der Waals surface area (Å²) in [6.45, 7) is -0.184. The van der Waals surface area contributed by atoms with Crippen molar-refractivity contribution in [2.24, 2.45) is 5.92 Å². The van der Waals surface area contributed by atoms with Gasteiger partial charge in [0.15, 0.2) is 21.4 Å². The Morgan fingerprint density at radius 2 is 1.80 bits per heavy atom. The summed E-state index contributed by atoms with van der Waals surface area (Å²) in [5.74, 6) is -2.92. The Hall–Kier alpha value is -1.90. The zero-order valence-corrected chi connectivity index (χ0v) is 17.7. The molecule has 2 aromatic rings. The average molecular weight is 477 g/mol. The lowest BCUT2D eigenvalue weighted by molar-refractivity contribution is 0.0317. The van der Waals surface area contributed by atoms with Gasteiger partial charge >= 0.3 is 5.43 Å². The van der Waals surface area contributed by atoms with Gasteiger partial charge < -0.3 is 9.47 Å². The highest BCUT2D eigenvalue weighted by atomic mass is 35.5. The van der Waals surface area contributed by atoms with Crippen LogP contribution in [0, 0.1) is 17.6 Å². The standard InChI is InChI=1S/C20H16Cl2F2O5S/c21-12-1-3-14(4-2-12)30(26,27)20-8-7-13(29-19(22)25)9-11(20)10-28-18-16(24)6-5-15(23)17(18)20/h1-6,11,13H,7-10H2/t11-,13-,20+/m1/s1. The van der Waals surface area contributed by atoms with Crippen molar-refractivity contribution in [3.63, 3.8) is 0 Å². The van der Waals surface area contributed by atoms with Crippen molar-refractivity contribution >= 4 is 38.5 Å². The van der Waals surface area contributed by atoms with Crippen LogP contribution in [0.4, 0.5) is 13.6 Å². The molecule has 0 unspecified atom stereocenters. The van der Waals surface area contributed by atoms with Gasteiger partial charge in [0.2, 0.25) is 0 Å². The van der Waals surface area contributed by atoms with Gasteiger partial charge in [0.1, 0.15) is 16.7 Å². The number of hydrogen-bond donors (Lipinski definition) is 0. The van der Waals surface area contributed by atoms with E-state index in [2.05, 4.69) is 0 Å². The second-order valence-corrected chi connectivity index (χ2v) is 10.3. The van der Waals surface area contributed by atoms with Crippen LogP contribution in [0.2, 0.25) is 5.02 Å². The summed E-state index contributed by atoms with van der Waals surface area (Å²) in [5.41, 5.74) is -1.34. The number of halogens is 4. The first-order chi connectivity index (χ1) is 14.2. The van der Waals surface area contributed by atoms with Crippen molar-refractivity contribution in [2.75, 3.05) is 6.61 Å². The van der Waals surface area contributed by atoms with Crippen LogP contribution >= 0.6 is 23.2 Å². The third kappa shape index (κ3) is 3.25. The third-order valence-electron chi connectivity index (χ3n) is 5.82. The molecule has 0 spiro atoms. The molecule has 0 aromatic heterocycles. The van der Waals surface area contributed by atoms with Crippen molar-refractivity contribution in [1.82, 2.24) is 0 Å². The number of carbonyl (C=O) groups is 1. The summed E-state index contributed by atoms with van der Waals surface area (Å²) in [5, 5.41) is 0.338. The van der Waals surface area contributed by atoms with Crippen LogP contribution in [0.1, 0.15) is 24.8 Å². The van der Waals surface area contributed by atoms with Gasteiger partial charge in [-0.1, -0.05) is 11.6 Å². The minimum Gasteiger partial charge on any atom is -0.490 e. The first-order valence-electron chi connectivity index (χ1n) is 9.14. The van der Waals surface area contributed by atoms with E-state index in [0.717, 1.165) is 12.1 Å². The fourth-order valence-corrected chi connectivity index (χ4v) is 7.16. The van der Waals surface area contributed by atoms with Gasteiger partial charge in [-0.25, -0.2) is 22.0 Å². The SMILES string of the molecule is O=C(Cl)O[C@@H]1CC[C@@]2(S(=O)(=O)c3ccc(Cl)cc3)c3c(F)ccc(F)c3OC[C@H]2C1. The number of benzene rings is 2. The van der Waals surface area contributed by atoms with E-state index in [0.29, 0.717) is 5.02 Å². The first-order valence-corrected chi connectivity index (χ1v) is 11.4. The van der Waals surface area contributed by atoms with Crippen molar-refractivity contribution < 1.29 is 31.5 Å². The van der Waals surface area contributed by atoms with Gasteiger partial charge in [0.25, 0.3) is 0 Å². The lowest BCUT2D eigenvalue weighted by Gasteiger charge is -2.48. The Kier molecular flexibility index (Phi) is 5.45. The molecule has 0 amide bonds. The van der Waals surface area contributed by atoms with Gasteiger partial charge in [-0.3, -0.25) is 0 Å². The maximum atomic E-state index is 15.0. The molecule has 2 aromatic carbocycles. The average Bonchev–Trinajstić information content (AvgIpc) is 2.70. The van der Waals surface area contributed by atoms with Crippen molar-refractivity contribution in [2.45, 2.75) is 35.0 Å². The molecule has 0 saturated heterocycles. The maximum absolute atomic E-state index is 15.0. The molecule has 0 radical (unpaired) electrons. The molecular formula is C20H16Cl2F2O5S. The number of hydrogen-bond acceptors (Lipinski definition) is 5. The molecule has 1 aliphatic carbocycles. The van der Waals surface area contributed by atoms with Gasteiger partial charge in [0.05, 0.1) is 17.1 Å². The van der Waals surface area contributed by atoms with Crippen molar-refractivity contribution in [1.29, 1.82) is 0 Å². The topological polar surface area (TPSA) is 69.7 Å². The largest absolute Gasteiger partial charge is 0.490 e. The van der Waals surface area contributed by atoms with E-state index in [1.54, 1.807) is 0 Å². The number of fused-ring (bicyclic) bond motifs is 3. The van der Waals surface area contributed by atoms with Crippen LogP contribution in [-0.2, 0) is 19.3 Å². The Labute approximate surface area is 181 Å². The number of ether oxygens (including phenoxy) is 2. The molecule has 0 bridgehead atoms. The Morgan fingerprint density at radius 1 is 1.13 bits per heavy atom. The third-order valence-corrected chi connectivity index (χ3v) is 8.75. The first kappa shape index (κ1) is 21.3. The molecule has 4 rings (SSSR count). The Balaban J connectivity index is 1.93. The molecular weight excluding hydrogens is 461 g/mol. The molecule has 1 heterocycles. The summed E-state index contributed by atoms with van der Waals surface area (Å²) >= 11 is 11.2. The Morgan fingerprint density at radius 3 is 2.47 bits per heavy atom. The van der Waals surface area contributed by atoms with Gasteiger partial charge in [-0.2, -0.15) is 0 Å². The normalized spacial score (nSPS) is 25.6. The summed E-state index contributed by atoms with van der Waals surface area (Å²) in [6, 6.07) is 7.30. The minimum absolute atomic E-state index is 0.0683.